The molecule has 1 rings (SSSR count). The van der Waals surface area contributed by atoms with E-state index in [2.05, 4.69) is 33.0 Å². The summed E-state index contributed by atoms with van der Waals surface area (Å²) in [5.74, 6) is -0.163. The fourth-order valence-electron chi connectivity index (χ4n) is 4.19. The molecule has 0 spiro atoms. The molecule has 5 heteroatoms. The molecule has 1 aliphatic heterocycles. The Bertz CT molecular complexity index is 409. The Hall–Kier alpha value is -0.630. The first-order valence-electron chi connectivity index (χ1n) is 11.0. The van der Waals surface area contributed by atoms with Crippen LogP contribution in [0.3, 0.4) is 0 Å². The molecule has 1 unspecified atom stereocenters. The summed E-state index contributed by atoms with van der Waals surface area (Å²) in [6, 6.07) is -0.421. The van der Waals surface area contributed by atoms with Gasteiger partial charge in [-0.1, -0.05) is 0 Å². The molecule has 4 nitrogen and oxygen atoms in total. The Labute approximate surface area is 161 Å². The summed E-state index contributed by atoms with van der Waals surface area (Å²) in [5.41, 5.74) is 0. The molecule has 1 aliphatic rings. The molecule has 26 heavy (non-hydrogen) atoms. The molecule has 1 heterocycles. The van der Waals surface area contributed by atoms with Gasteiger partial charge in [-0.25, -0.2) is 0 Å². The number of carbonyl (C=O) groups excluding carboxylic acids is 2. The van der Waals surface area contributed by atoms with Crippen molar-refractivity contribution in [3.05, 3.63) is 0 Å². The first kappa shape index (κ1) is 23.4. The van der Waals surface area contributed by atoms with Gasteiger partial charge in [-0.05, 0) is 0 Å². The first-order valence-corrected chi connectivity index (χ1v) is 13.9. The second-order valence-corrected chi connectivity index (χ2v) is 13.9. The average molecular weight is 388 g/mol. The molecule has 0 bridgehead atoms. The van der Waals surface area contributed by atoms with Gasteiger partial charge in [0.15, 0.2) is 0 Å². The van der Waals surface area contributed by atoms with Crippen molar-refractivity contribution in [2.75, 3.05) is 24.6 Å². The molecule has 1 fully saturated rings. The molecular formula is C21H42NO3P. The second-order valence-electron chi connectivity index (χ2n) is 8.24. The van der Waals surface area contributed by atoms with Crippen molar-refractivity contribution < 1.29 is 14.1 Å². The number of hydrogen-bond acceptors (Lipinski definition) is 3. The average Bonchev–Trinajstić information content (AvgIpc) is 3.08. The summed E-state index contributed by atoms with van der Waals surface area (Å²) in [6.07, 6.45) is 14.5. The van der Waals surface area contributed by atoms with Gasteiger partial charge in [0.25, 0.3) is 0 Å². The molecular weight excluding hydrogens is 345 g/mol. The Morgan fingerprint density at radius 1 is 0.923 bits per heavy atom. The van der Waals surface area contributed by atoms with E-state index in [0.717, 1.165) is 76.0 Å². The van der Waals surface area contributed by atoms with Crippen molar-refractivity contribution in [2.45, 2.75) is 97.9 Å². The monoisotopic (exact) mass is 387 g/mol. The number of unbranched alkanes of at least 4 members (excludes halogenated alkanes) is 4. The van der Waals surface area contributed by atoms with Crippen LogP contribution in [-0.2, 0) is 14.1 Å². The zero-order chi connectivity index (χ0) is 19.5. The van der Waals surface area contributed by atoms with Crippen LogP contribution in [0.25, 0.3) is 0 Å². The van der Waals surface area contributed by atoms with E-state index in [1.54, 1.807) is 0 Å². The second kappa shape index (κ2) is 11.3. The van der Waals surface area contributed by atoms with Crippen LogP contribution in [0.4, 0.5) is 0 Å². The molecule has 0 saturated carbocycles. The van der Waals surface area contributed by atoms with Crippen molar-refractivity contribution in [3.8, 4) is 0 Å². The van der Waals surface area contributed by atoms with E-state index in [1.807, 2.05) is 0 Å². The van der Waals surface area contributed by atoms with Gasteiger partial charge in [-0.2, -0.15) is 0 Å². The third-order valence-corrected chi connectivity index (χ3v) is 12.4. The third kappa shape index (κ3) is 6.51. The summed E-state index contributed by atoms with van der Waals surface area (Å²) < 4.78 is 6.64. The van der Waals surface area contributed by atoms with Crippen LogP contribution in [0, 0.1) is 0 Å². The van der Waals surface area contributed by atoms with E-state index in [-0.39, 0.29) is 11.9 Å². The molecule has 1 atom stereocenters. The van der Waals surface area contributed by atoms with Crippen molar-refractivity contribution in [3.63, 3.8) is 0 Å². The number of nitrogens with one attached hydrogen (secondary N) is 1. The molecule has 0 aliphatic carbocycles. The Morgan fingerprint density at radius 2 is 1.35 bits per heavy atom. The number of amides is 1. The van der Waals surface area contributed by atoms with E-state index in [0.29, 0.717) is 12.8 Å². The zero-order valence-electron chi connectivity index (χ0n) is 17.6. The molecule has 154 valence electrons. The molecule has 0 aromatic rings. The van der Waals surface area contributed by atoms with Crippen LogP contribution in [0.5, 0.6) is 0 Å². The topological polar surface area (TPSA) is 55.4 Å². The van der Waals surface area contributed by atoms with Crippen LogP contribution < -0.4 is 5.32 Å². The molecule has 1 N–H and O–H groups in total. The van der Waals surface area contributed by atoms with E-state index in [4.69, 9.17) is 4.52 Å². The van der Waals surface area contributed by atoms with Gasteiger partial charge in [0.05, 0.1) is 0 Å². The summed E-state index contributed by atoms with van der Waals surface area (Å²) in [6.45, 7) is 6.32. The van der Waals surface area contributed by atoms with Crippen LogP contribution in [0.1, 0.15) is 91.9 Å². The number of rotatable bonds is 14. The fraction of sp³-hybridized carbons (Fsp3) is 0.905. The molecule has 1 amide bonds. The van der Waals surface area contributed by atoms with Gasteiger partial charge in [0, 0.05) is 0 Å². The normalized spacial score (nSPS) is 19.0. The molecule has 1 saturated heterocycles. The van der Waals surface area contributed by atoms with Gasteiger partial charge in [-0.3, -0.25) is 0 Å². The predicted octanol–water partition coefficient (Wildman–Crippen LogP) is 5.48. The van der Waals surface area contributed by atoms with Gasteiger partial charge in [0.1, 0.15) is 0 Å². The fourth-order valence-corrected chi connectivity index (χ4v) is 11.0. The van der Waals surface area contributed by atoms with Crippen LogP contribution >= 0.6 is 6.83 Å². The molecule has 0 aromatic carbocycles. The van der Waals surface area contributed by atoms with Crippen LogP contribution in [-0.4, -0.2) is 42.6 Å². The summed E-state index contributed by atoms with van der Waals surface area (Å²) >= 11 is 0. The van der Waals surface area contributed by atoms with E-state index in [1.165, 1.54) is 0 Å². The van der Waals surface area contributed by atoms with Crippen LogP contribution in [0.2, 0.25) is 0 Å². The predicted molar refractivity (Wildman–Crippen MR) is 113 cm³/mol. The number of hydrogen-bond donors (Lipinski definition) is 1. The minimum absolute atomic E-state index is 0.0171. The van der Waals surface area contributed by atoms with Crippen molar-refractivity contribution in [1.29, 1.82) is 0 Å². The van der Waals surface area contributed by atoms with Gasteiger partial charge in [-0.15, -0.1) is 0 Å². The SMILES string of the molecule is CCCCP(CCCC)(CCCC)(CCCC)OC(=O)C1CCC(=O)N1. The maximum absolute atomic E-state index is 13.1. The maximum atomic E-state index is 13.1. The van der Waals surface area contributed by atoms with E-state index in [9.17, 15) is 9.59 Å². The summed E-state index contributed by atoms with van der Waals surface area (Å²) in [4.78, 5) is 24.6. The van der Waals surface area contributed by atoms with Crippen LogP contribution in [0.15, 0.2) is 0 Å². The van der Waals surface area contributed by atoms with Crippen molar-refractivity contribution in [1.82, 2.24) is 5.32 Å². The number of carbonyl (C=O) groups is 2. The van der Waals surface area contributed by atoms with E-state index >= 15 is 0 Å². The Balaban J connectivity index is 3.16. The minimum atomic E-state index is -2.58. The Morgan fingerprint density at radius 3 is 1.65 bits per heavy atom. The van der Waals surface area contributed by atoms with E-state index < -0.39 is 12.9 Å². The molecule has 0 radical (unpaired) electrons. The first-order chi connectivity index (χ1) is 12.4. The summed E-state index contributed by atoms with van der Waals surface area (Å²) in [7, 11) is 0. The van der Waals surface area contributed by atoms with Crippen molar-refractivity contribution >= 4 is 18.7 Å². The van der Waals surface area contributed by atoms with Gasteiger partial charge < -0.3 is 0 Å². The van der Waals surface area contributed by atoms with Gasteiger partial charge in [0.2, 0.25) is 0 Å². The quantitative estimate of drug-likeness (QED) is 0.402. The zero-order valence-corrected chi connectivity index (χ0v) is 18.5. The Kier molecular flexibility index (Phi) is 10.1. The van der Waals surface area contributed by atoms with Crippen molar-refractivity contribution in [2.24, 2.45) is 0 Å². The molecule has 0 aromatic heterocycles. The summed E-state index contributed by atoms with van der Waals surface area (Å²) in [5, 5.41) is 2.83. The standard InChI is InChI=1S/C21H42NO3P/c1-5-9-15-26(16-10-6-2,17-11-7-3,18-12-8-4)25-21(24)19-13-14-20(23)22-19/h19H,5-18H2,1-4H3,(H,22,23). The third-order valence-electron chi connectivity index (χ3n) is 5.94. The van der Waals surface area contributed by atoms with Gasteiger partial charge >= 0.3 is 161 Å².